The zero-order valence-corrected chi connectivity index (χ0v) is 10.8. The predicted molar refractivity (Wildman–Crippen MR) is 69.0 cm³/mol. The second-order valence-electron chi connectivity index (χ2n) is 4.77. The zero-order chi connectivity index (χ0) is 13.1. The number of rotatable bonds is 4. The van der Waals surface area contributed by atoms with Crippen LogP contribution in [0.4, 0.5) is 0 Å². The van der Waals surface area contributed by atoms with E-state index in [0.29, 0.717) is 5.92 Å². The van der Waals surface area contributed by atoms with Crippen molar-refractivity contribution in [3.05, 3.63) is 29.8 Å². The molecule has 2 atom stereocenters. The molecule has 0 bridgehead atoms. The molecule has 1 aliphatic heterocycles. The van der Waals surface area contributed by atoms with E-state index in [4.69, 9.17) is 9.84 Å². The van der Waals surface area contributed by atoms with Crippen LogP contribution in [0, 0.1) is 0 Å². The van der Waals surface area contributed by atoms with Gasteiger partial charge < -0.3 is 9.84 Å². The lowest BCUT2D eigenvalue weighted by Gasteiger charge is -2.20. The van der Waals surface area contributed by atoms with E-state index in [1.165, 1.54) is 5.56 Å². The molecule has 1 saturated heterocycles. The molecule has 4 nitrogen and oxygen atoms in total. The number of carboxylic acids is 1. The second kappa shape index (κ2) is 5.40. The smallest absolute Gasteiger partial charge is 0.320 e. The number of methoxy groups -OCH3 is 1. The molecule has 2 unspecified atom stereocenters. The highest BCUT2D eigenvalue weighted by atomic mass is 16.5. The maximum atomic E-state index is 11.0. The quantitative estimate of drug-likeness (QED) is 0.886. The topological polar surface area (TPSA) is 49.8 Å². The highest BCUT2D eigenvalue weighted by Gasteiger charge is 2.29. The van der Waals surface area contributed by atoms with Gasteiger partial charge in [0.2, 0.25) is 0 Å². The third-order valence-corrected chi connectivity index (χ3v) is 3.71. The van der Waals surface area contributed by atoms with Crippen LogP contribution in [-0.2, 0) is 4.79 Å². The monoisotopic (exact) mass is 249 g/mol. The van der Waals surface area contributed by atoms with Crippen LogP contribution >= 0.6 is 0 Å². The van der Waals surface area contributed by atoms with Crippen molar-refractivity contribution in [2.75, 3.05) is 20.2 Å². The van der Waals surface area contributed by atoms with Crippen molar-refractivity contribution in [1.29, 1.82) is 0 Å². The van der Waals surface area contributed by atoms with Gasteiger partial charge in [-0.1, -0.05) is 12.1 Å². The third kappa shape index (κ3) is 2.64. The lowest BCUT2D eigenvalue weighted by molar-refractivity contribution is -0.142. The first-order chi connectivity index (χ1) is 8.61. The number of hydrogen-bond acceptors (Lipinski definition) is 3. The average molecular weight is 249 g/mol. The van der Waals surface area contributed by atoms with Crippen LogP contribution in [0.15, 0.2) is 24.3 Å². The molecule has 4 heteroatoms. The van der Waals surface area contributed by atoms with Gasteiger partial charge in [-0.25, -0.2) is 0 Å². The molecule has 1 aromatic carbocycles. The molecule has 1 N–H and O–H groups in total. The van der Waals surface area contributed by atoms with Gasteiger partial charge in [-0.2, -0.15) is 0 Å². The molecular weight excluding hydrogens is 230 g/mol. The highest BCUT2D eigenvalue weighted by Crippen LogP contribution is 2.29. The van der Waals surface area contributed by atoms with E-state index in [1.807, 2.05) is 17.0 Å². The number of carbonyl (C=O) groups is 1. The number of nitrogens with zero attached hydrogens (tertiary/aromatic N) is 1. The van der Waals surface area contributed by atoms with Crippen molar-refractivity contribution in [2.24, 2.45) is 0 Å². The van der Waals surface area contributed by atoms with Crippen molar-refractivity contribution >= 4 is 5.97 Å². The van der Waals surface area contributed by atoms with E-state index in [1.54, 1.807) is 14.0 Å². The Hall–Kier alpha value is -1.55. The maximum Gasteiger partial charge on any atom is 0.320 e. The Labute approximate surface area is 107 Å². The Morgan fingerprint density at radius 1 is 1.44 bits per heavy atom. The minimum atomic E-state index is -0.745. The van der Waals surface area contributed by atoms with Crippen LogP contribution < -0.4 is 4.74 Å². The fourth-order valence-electron chi connectivity index (χ4n) is 2.44. The molecular formula is C14H19NO3. The molecule has 1 aliphatic rings. The van der Waals surface area contributed by atoms with Gasteiger partial charge in [-0.15, -0.1) is 0 Å². The zero-order valence-electron chi connectivity index (χ0n) is 10.8. The summed E-state index contributed by atoms with van der Waals surface area (Å²) in [5.74, 6) is 0.538. The summed E-state index contributed by atoms with van der Waals surface area (Å²) in [6.07, 6.45) is 1.02. The number of likely N-dealkylation sites (tertiary alicyclic amines) is 1. The van der Waals surface area contributed by atoms with Crippen LogP contribution in [0.2, 0.25) is 0 Å². The van der Waals surface area contributed by atoms with Gasteiger partial charge in [0.05, 0.1) is 7.11 Å². The summed E-state index contributed by atoms with van der Waals surface area (Å²) < 4.78 is 5.13. The minimum Gasteiger partial charge on any atom is -0.497 e. The summed E-state index contributed by atoms with van der Waals surface area (Å²) in [5, 5.41) is 9.01. The summed E-state index contributed by atoms with van der Waals surface area (Å²) in [4.78, 5) is 13.0. The van der Waals surface area contributed by atoms with Crippen molar-refractivity contribution in [3.63, 3.8) is 0 Å². The van der Waals surface area contributed by atoms with Crippen molar-refractivity contribution in [3.8, 4) is 5.75 Å². The van der Waals surface area contributed by atoms with E-state index in [0.717, 1.165) is 25.3 Å². The van der Waals surface area contributed by atoms with Gasteiger partial charge >= 0.3 is 5.97 Å². The number of ether oxygens (including phenoxy) is 1. The summed E-state index contributed by atoms with van der Waals surface area (Å²) in [6, 6.07) is 7.65. The largest absolute Gasteiger partial charge is 0.497 e. The molecule has 2 rings (SSSR count). The first-order valence-corrected chi connectivity index (χ1v) is 6.22. The van der Waals surface area contributed by atoms with Gasteiger partial charge in [-0.3, -0.25) is 9.69 Å². The standard InChI is InChI=1S/C14H19NO3/c1-10(14(16)17)15-8-7-12(9-15)11-3-5-13(18-2)6-4-11/h3-6,10,12H,7-9H2,1-2H3,(H,16,17). The lowest BCUT2D eigenvalue weighted by Crippen LogP contribution is -2.37. The van der Waals surface area contributed by atoms with Gasteiger partial charge in [0.15, 0.2) is 0 Å². The number of benzene rings is 1. The Bertz CT molecular complexity index is 416. The molecule has 0 spiro atoms. The van der Waals surface area contributed by atoms with Crippen molar-refractivity contribution < 1.29 is 14.6 Å². The molecule has 1 aromatic rings. The molecule has 0 aromatic heterocycles. The molecule has 0 saturated carbocycles. The molecule has 0 aliphatic carbocycles. The Morgan fingerprint density at radius 3 is 2.67 bits per heavy atom. The van der Waals surface area contributed by atoms with Crippen LogP contribution in [0.3, 0.4) is 0 Å². The lowest BCUT2D eigenvalue weighted by atomic mass is 9.98. The predicted octanol–water partition coefficient (Wildman–Crippen LogP) is 1.96. The van der Waals surface area contributed by atoms with Gasteiger partial charge in [0.25, 0.3) is 0 Å². The van der Waals surface area contributed by atoms with Crippen LogP contribution in [0.5, 0.6) is 5.75 Å². The van der Waals surface area contributed by atoms with E-state index >= 15 is 0 Å². The molecule has 18 heavy (non-hydrogen) atoms. The van der Waals surface area contributed by atoms with Gasteiger partial charge in [0.1, 0.15) is 11.8 Å². The van der Waals surface area contributed by atoms with E-state index in [2.05, 4.69) is 12.1 Å². The highest BCUT2D eigenvalue weighted by molar-refractivity contribution is 5.72. The van der Waals surface area contributed by atoms with Crippen LogP contribution in [-0.4, -0.2) is 42.2 Å². The fraction of sp³-hybridized carbons (Fsp3) is 0.500. The Balaban J connectivity index is 2.01. The summed E-state index contributed by atoms with van der Waals surface area (Å²) in [7, 11) is 1.65. The van der Waals surface area contributed by atoms with Gasteiger partial charge in [-0.05, 0) is 43.5 Å². The molecule has 1 fully saturated rings. The maximum absolute atomic E-state index is 11.0. The molecule has 1 heterocycles. The fourth-order valence-corrected chi connectivity index (χ4v) is 2.44. The molecule has 0 amide bonds. The van der Waals surface area contributed by atoms with E-state index < -0.39 is 12.0 Å². The summed E-state index contributed by atoms with van der Waals surface area (Å²) >= 11 is 0. The second-order valence-corrected chi connectivity index (χ2v) is 4.77. The summed E-state index contributed by atoms with van der Waals surface area (Å²) in [5.41, 5.74) is 1.26. The normalized spacial score (nSPS) is 21.8. The first kappa shape index (κ1) is 12.9. The van der Waals surface area contributed by atoms with Crippen LogP contribution in [0.1, 0.15) is 24.8 Å². The third-order valence-electron chi connectivity index (χ3n) is 3.71. The SMILES string of the molecule is COc1ccc(C2CCN(C(C)C(=O)O)C2)cc1. The van der Waals surface area contributed by atoms with E-state index in [9.17, 15) is 4.79 Å². The van der Waals surface area contributed by atoms with Crippen molar-refractivity contribution in [1.82, 2.24) is 4.90 Å². The van der Waals surface area contributed by atoms with Crippen LogP contribution in [0.25, 0.3) is 0 Å². The van der Waals surface area contributed by atoms with Gasteiger partial charge in [0, 0.05) is 6.54 Å². The van der Waals surface area contributed by atoms with E-state index in [-0.39, 0.29) is 0 Å². The number of hydrogen-bond donors (Lipinski definition) is 1. The van der Waals surface area contributed by atoms with Crippen molar-refractivity contribution in [2.45, 2.75) is 25.3 Å². The molecule has 98 valence electrons. The number of aliphatic carboxylic acids is 1. The Kier molecular flexibility index (Phi) is 3.87. The summed E-state index contributed by atoms with van der Waals surface area (Å²) in [6.45, 7) is 3.42. The molecule has 0 radical (unpaired) electrons. The average Bonchev–Trinajstić information content (AvgIpc) is 2.87. The first-order valence-electron chi connectivity index (χ1n) is 6.22. The number of carboxylic acid groups (broad SMARTS) is 1. The minimum absolute atomic E-state index is 0.395. The Morgan fingerprint density at radius 2 is 2.11 bits per heavy atom.